The van der Waals surface area contributed by atoms with Crippen LogP contribution in [-0.2, 0) is 11.0 Å². The molecule has 10 heteroatoms. The van der Waals surface area contributed by atoms with Gasteiger partial charge < -0.3 is 15.2 Å². The van der Waals surface area contributed by atoms with Gasteiger partial charge in [-0.25, -0.2) is 8.78 Å². The Morgan fingerprint density at radius 1 is 1.20 bits per heavy atom. The molecule has 5 nitrogen and oxygen atoms in total. The van der Waals surface area contributed by atoms with Gasteiger partial charge in [0.15, 0.2) is 0 Å². The number of hydrogen-bond donors (Lipinski definition) is 2. The van der Waals surface area contributed by atoms with Gasteiger partial charge in [-0.3, -0.25) is 9.59 Å². The summed E-state index contributed by atoms with van der Waals surface area (Å²) in [5, 5.41) is 2.59. The Hall–Kier alpha value is -2.65. The summed E-state index contributed by atoms with van der Waals surface area (Å²) in [6, 6.07) is 4.31. The summed E-state index contributed by atoms with van der Waals surface area (Å²) >= 11 is 0. The van der Waals surface area contributed by atoms with E-state index < -0.39 is 34.9 Å². The first-order chi connectivity index (χ1) is 14.0. The van der Waals surface area contributed by atoms with Gasteiger partial charge in [0, 0.05) is 30.4 Å². The molecule has 1 spiro atoms. The molecule has 0 radical (unpaired) electrons. The number of rotatable bonds is 3. The molecule has 2 amide bonds. The summed E-state index contributed by atoms with van der Waals surface area (Å²) in [4.78, 5) is 28.4. The van der Waals surface area contributed by atoms with E-state index in [1.54, 1.807) is 0 Å². The molecule has 30 heavy (non-hydrogen) atoms. The number of aromatic amines is 1. The molecule has 2 aromatic rings. The predicted octanol–water partition coefficient (Wildman–Crippen LogP) is 4.20. The third-order valence-corrected chi connectivity index (χ3v) is 5.51. The van der Waals surface area contributed by atoms with Crippen molar-refractivity contribution in [1.29, 1.82) is 0 Å². The molecule has 1 saturated carbocycles. The Morgan fingerprint density at radius 2 is 1.87 bits per heavy atom. The molecule has 1 aromatic heterocycles. The SMILES string of the molecule is CC.O=C(NCC(=O)N1CCC2(C1)CC2(F)F)c1cc2cc(C(F)(F)F)ccc2[nH]1. The Morgan fingerprint density at radius 3 is 2.43 bits per heavy atom. The van der Waals surface area contributed by atoms with Gasteiger partial charge >= 0.3 is 6.18 Å². The molecule has 2 aliphatic rings. The second kappa shape index (κ2) is 7.55. The normalized spacial score (nSPS) is 22.0. The number of aromatic nitrogens is 1. The second-order valence-corrected chi connectivity index (χ2v) is 7.39. The Labute approximate surface area is 169 Å². The molecular formula is C20H22F5N3O2. The first kappa shape index (κ1) is 22.0. The van der Waals surface area contributed by atoms with E-state index in [1.165, 1.54) is 17.0 Å². The van der Waals surface area contributed by atoms with E-state index in [4.69, 9.17) is 0 Å². The highest BCUT2D eigenvalue weighted by atomic mass is 19.4. The zero-order valence-electron chi connectivity index (χ0n) is 16.5. The number of alkyl halides is 5. The lowest BCUT2D eigenvalue weighted by Gasteiger charge is -2.16. The quantitative estimate of drug-likeness (QED) is 0.716. The summed E-state index contributed by atoms with van der Waals surface area (Å²) < 4.78 is 65.1. The molecule has 1 atom stereocenters. The Balaban J connectivity index is 0.00000124. The third-order valence-electron chi connectivity index (χ3n) is 5.51. The van der Waals surface area contributed by atoms with Crippen molar-refractivity contribution in [2.45, 2.75) is 38.8 Å². The van der Waals surface area contributed by atoms with Crippen molar-refractivity contribution in [3.05, 3.63) is 35.5 Å². The van der Waals surface area contributed by atoms with Gasteiger partial charge in [-0.1, -0.05) is 13.8 Å². The van der Waals surface area contributed by atoms with Gasteiger partial charge in [0.05, 0.1) is 17.5 Å². The Bertz CT molecular complexity index is 969. The molecule has 1 aromatic carbocycles. The van der Waals surface area contributed by atoms with Crippen LogP contribution >= 0.6 is 0 Å². The molecule has 1 unspecified atom stereocenters. The number of halogens is 5. The fraction of sp³-hybridized carbons (Fsp3) is 0.500. The molecule has 1 aliphatic carbocycles. The van der Waals surface area contributed by atoms with Crippen LogP contribution in [0.1, 0.15) is 42.7 Å². The van der Waals surface area contributed by atoms with E-state index in [-0.39, 0.29) is 43.6 Å². The maximum absolute atomic E-state index is 13.4. The molecule has 1 aliphatic heterocycles. The van der Waals surface area contributed by atoms with E-state index in [0.29, 0.717) is 5.52 Å². The number of benzene rings is 1. The number of amides is 2. The predicted molar refractivity (Wildman–Crippen MR) is 100 cm³/mol. The maximum Gasteiger partial charge on any atom is 0.416 e. The van der Waals surface area contributed by atoms with Crippen LogP contribution in [-0.4, -0.2) is 47.3 Å². The van der Waals surface area contributed by atoms with E-state index in [0.717, 1.165) is 12.1 Å². The molecule has 164 valence electrons. The van der Waals surface area contributed by atoms with Crippen LogP contribution in [0.2, 0.25) is 0 Å². The lowest BCUT2D eigenvalue weighted by Crippen LogP contribution is -2.39. The number of H-pyrrole nitrogens is 1. The van der Waals surface area contributed by atoms with E-state index in [2.05, 4.69) is 10.3 Å². The van der Waals surface area contributed by atoms with Gasteiger partial charge in [-0.2, -0.15) is 13.2 Å². The summed E-state index contributed by atoms with van der Waals surface area (Å²) in [5.74, 6) is -3.86. The fourth-order valence-electron chi connectivity index (χ4n) is 3.70. The van der Waals surface area contributed by atoms with Crippen LogP contribution in [0.15, 0.2) is 24.3 Å². The molecule has 4 rings (SSSR count). The summed E-state index contributed by atoms with van der Waals surface area (Å²) in [5.41, 5.74) is -1.59. The number of nitrogens with one attached hydrogen (secondary N) is 2. The van der Waals surface area contributed by atoms with E-state index >= 15 is 0 Å². The van der Waals surface area contributed by atoms with Gasteiger partial charge in [0.25, 0.3) is 11.8 Å². The minimum absolute atomic E-state index is 0.00810. The van der Waals surface area contributed by atoms with Crippen LogP contribution in [0, 0.1) is 5.41 Å². The summed E-state index contributed by atoms with van der Waals surface area (Å²) in [7, 11) is 0. The van der Waals surface area contributed by atoms with Crippen molar-refractivity contribution in [2.24, 2.45) is 5.41 Å². The molecule has 2 N–H and O–H groups in total. The number of hydrogen-bond acceptors (Lipinski definition) is 2. The first-order valence-corrected chi connectivity index (χ1v) is 9.65. The maximum atomic E-state index is 13.4. The molecular weight excluding hydrogens is 409 g/mol. The van der Waals surface area contributed by atoms with Crippen LogP contribution in [0.3, 0.4) is 0 Å². The first-order valence-electron chi connectivity index (χ1n) is 9.65. The van der Waals surface area contributed by atoms with Gasteiger partial charge in [-0.15, -0.1) is 0 Å². The molecule has 1 saturated heterocycles. The number of carbonyl (C=O) groups is 2. The average Bonchev–Trinajstić information content (AvgIpc) is 3.07. The minimum Gasteiger partial charge on any atom is -0.351 e. The molecule has 2 fully saturated rings. The monoisotopic (exact) mass is 431 g/mol. The lowest BCUT2D eigenvalue weighted by atomic mass is 10.1. The van der Waals surface area contributed by atoms with Crippen molar-refractivity contribution in [1.82, 2.24) is 15.2 Å². The van der Waals surface area contributed by atoms with Gasteiger partial charge in [0.2, 0.25) is 5.91 Å². The molecule has 0 bridgehead atoms. The number of nitrogens with zero attached hydrogens (tertiary/aromatic N) is 1. The fourth-order valence-corrected chi connectivity index (χ4v) is 3.70. The smallest absolute Gasteiger partial charge is 0.351 e. The largest absolute Gasteiger partial charge is 0.416 e. The number of fused-ring (bicyclic) bond motifs is 1. The van der Waals surface area contributed by atoms with E-state index in [1.807, 2.05) is 13.8 Å². The Kier molecular flexibility index (Phi) is 5.55. The van der Waals surface area contributed by atoms with Crippen molar-refractivity contribution in [2.75, 3.05) is 19.6 Å². The summed E-state index contributed by atoms with van der Waals surface area (Å²) in [6.07, 6.45) is -4.47. The average molecular weight is 431 g/mol. The highest BCUT2D eigenvalue weighted by molar-refractivity contribution is 5.99. The van der Waals surface area contributed by atoms with Crippen LogP contribution in [0.25, 0.3) is 10.9 Å². The van der Waals surface area contributed by atoms with Crippen molar-refractivity contribution < 1.29 is 31.5 Å². The van der Waals surface area contributed by atoms with Crippen molar-refractivity contribution in [3.8, 4) is 0 Å². The lowest BCUT2D eigenvalue weighted by molar-refractivity contribution is -0.137. The van der Waals surface area contributed by atoms with Gasteiger partial charge in [0.1, 0.15) is 5.69 Å². The van der Waals surface area contributed by atoms with Crippen molar-refractivity contribution >= 4 is 22.7 Å². The van der Waals surface area contributed by atoms with E-state index in [9.17, 15) is 31.5 Å². The molecule has 2 heterocycles. The zero-order valence-corrected chi connectivity index (χ0v) is 16.5. The van der Waals surface area contributed by atoms with Crippen LogP contribution in [0.4, 0.5) is 22.0 Å². The standard InChI is InChI=1S/C18H16F5N3O2.C2H6/c19-17(20)8-16(17)3-4-26(9-16)14(27)7-24-15(28)13-6-10-5-11(18(21,22)23)1-2-12(10)25-13;1-2/h1-2,5-6,25H,3-4,7-9H2,(H,24,28);1-2H3. The summed E-state index contributed by atoms with van der Waals surface area (Å²) in [6.45, 7) is 3.82. The number of likely N-dealkylation sites (tertiary alicyclic amines) is 1. The minimum atomic E-state index is -4.49. The highest BCUT2D eigenvalue weighted by Gasteiger charge is 2.72. The third kappa shape index (κ3) is 3.99. The van der Waals surface area contributed by atoms with Gasteiger partial charge in [-0.05, 0) is 30.7 Å². The second-order valence-electron chi connectivity index (χ2n) is 7.39. The topological polar surface area (TPSA) is 65.2 Å². The van der Waals surface area contributed by atoms with Crippen LogP contribution in [0.5, 0.6) is 0 Å². The number of carbonyl (C=O) groups excluding carboxylic acids is 2. The highest BCUT2D eigenvalue weighted by Crippen LogP contribution is 2.64. The van der Waals surface area contributed by atoms with Crippen LogP contribution < -0.4 is 5.32 Å². The van der Waals surface area contributed by atoms with Crippen molar-refractivity contribution in [3.63, 3.8) is 0 Å². The zero-order chi connectivity index (χ0) is 22.3.